The van der Waals surface area contributed by atoms with Crippen LogP contribution in [0.1, 0.15) is 109 Å². The van der Waals surface area contributed by atoms with E-state index >= 15 is 0 Å². The molecule has 1 amide bonds. The zero-order chi connectivity index (χ0) is 63.5. The second-order valence-electron chi connectivity index (χ2n) is 22.1. The summed E-state index contributed by atoms with van der Waals surface area (Å²) >= 11 is 5.90. The molecule has 26 heteroatoms. The Morgan fingerprint density at radius 3 is 1.18 bits per heavy atom. The highest BCUT2D eigenvalue weighted by atomic mass is 32.2. The standard InChI is InChI=1S/C5H12N2.2C5H11N.C5H8S.C4H9NO2S.C4H9NO.C4H7NO.C4H9NS.C4H9N.2C4H7N.C4H8O2S.C4H8O.C3H5NO.C3H7NS/c1-7-4-2-6-3-5-7;2*1-2-4-6-5-3-1;1-5-3-2-4-6-5;6-8(7)3-1-5-2-4-8;1-3-6-4-2-5-1;6-4-2-1-3-5-4;1-3-6-4-2-5-1;3*1-2-4-5-3-1;5-7(6)3-1-2-4-7;1-2-4-5-3-1;2*1-2-5-3-4-1/h6H,2-5H2,1H3;2*6H,1-5H2;1-4H2;5H,1-4H2;5H,1-4H2;1-3H2,(H,5,6);5H,1-4H2;5H,1-4H2;1,3,5H,2,4H2;1-2,5H,3-4H2;1-4H2;1-4H2;3H,1-2H2;4H,1-3H2. The molecule has 15 aliphatic heterocycles. The van der Waals surface area contributed by atoms with E-state index in [9.17, 15) is 21.6 Å². The first-order valence-corrected chi connectivity index (χ1v) is 40.5. The molecule has 21 nitrogen and oxygen atoms in total. The van der Waals surface area contributed by atoms with Gasteiger partial charge in [0, 0.05) is 141 Å². The third-order valence-electron chi connectivity index (χ3n) is 13.9. The fourth-order valence-electron chi connectivity index (χ4n) is 8.56. The van der Waals surface area contributed by atoms with E-state index in [2.05, 4.69) is 105 Å². The second-order valence-corrected chi connectivity index (χ2v) is 30.3. The number of sulfone groups is 2. The van der Waals surface area contributed by atoms with Gasteiger partial charge >= 0.3 is 0 Å². The van der Waals surface area contributed by atoms with Crippen LogP contribution < -0.4 is 58.5 Å². The summed E-state index contributed by atoms with van der Waals surface area (Å²) in [7, 11) is -3.04. The summed E-state index contributed by atoms with van der Waals surface area (Å²) in [6.45, 7) is 32.6. The highest BCUT2D eigenvalue weighted by Gasteiger charge is 2.16. The number of ether oxygens (including phenoxy) is 3. The number of rotatable bonds is 0. The predicted molar refractivity (Wildman–Crippen MR) is 381 cm³/mol. The predicted octanol–water partition coefficient (Wildman–Crippen LogP) is 4.22. The van der Waals surface area contributed by atoms with Crippen LogP contribution in [0.3, 0.4) is 0 Å². The van der Waals surface area contributed by atoms with Crippen molar-refractivity contribution in [3.8, 4) is 0 Å². The van der Waals surface area contributed by atoms with Crippen LogP contribution in [-0.2, 0) is 38.7 Å². The Kier molecular flexibility index (Phi) is 64.2. The first-order chi connectivity index (χ1) is 43.1. The van der Waals surface area contributed by atoms with E-state index in [0.717, 1.165) is 118 Å². The van der Waals surface area contributed by atoms with Gasteiger partial charge in [-0.2, -0.15) is 11.8 Å². The number of nitrogens with one attached hydrogen (secondary N) is 11. The Labute approximate surface area is 549 Å². The van der Waals surface area contributed by atoms with E-state index < -0.39 is 19.7 Å². The van der Waals surface area contributed by atoms with Crippen LogP contribution in [-0.4, -0.2) is 270 Å². The molecule has 15 aliphatic rings. The molecular weight excluding hydrogens is 1220 g/mol. The van der Waals surface area contributed by atoms with E-state index in [1.54, 1.807) is 0 Å². The van der Waals surface area contributed by atoms with Crippen molar-refractivity contribution in [2.45, 2.75) is 109 Å². The van der Waals surface area contributed by atoms with Gasteiger partial charge in [0.1, 0.15) is 16.4 Å². The van der Waals surface area contributed by atoms with Crippen molar-refractivity contribution in [2.24, 2.45) is 4.99 Å². The lowest BCUT2D eigenvalue weighted by Crippen LogP contribution is -2.40. The van der Waals surface area contributed by atoms with Crippen LogP contribution in [0.4, 0.5) is 0 Å². The van der Waals surface area contributed by atoms with Crippen LogP contribution in [0.5, 0.6) is 0 Å². The van der Waals surface area contributed by atoms with Gasteiger partial charge in [0.2, 0.25) is 5.91 Å². The molecule has 0 spiro atoms. The van der Waals surface area contributed by atoms with E-state index in [0.29, 0.717) is 36.1 Å². The lowest BCUT2D eigenvalue weighted by molar-refractivity contribution is -0.119. The number of hydrogen-bond donors (Lipinski definition) is 11. The van der Waals surface area contributed by atoms with E-state index in [1.165, 1.54) is 196 Å². The molecule has 11 N–H and O–H groups in total. The van der Waals surface area contributed by atoms with Crippen LogP contribution >= 0.6 is 35.3 Å². The Morgan fingerprint density at radius 2 is 1.00 bits per heavy atom. The van der Waals surface area contributed by atoms with Crippen molar-refractivity contribution in [2.75, 3.05) is 236 Å². The third kappa shape index (κ3) is 67.3. The summed E-state index contributed by atoms with van der Waals surface area (Å²) in [6.07, 6.45) is 30.9. The molecule has 12 saturated heterocycles. The number of hydrogen-bond acceptors (Lipinski definition) is 23. The number of amides is 1. The van der Waals surface area contributed by atoms with Crippen molar-refractivity contribution in [3.63, 3.8) is 0 Å². The quantitative estimate of drug-likeness (QED) is 0.152. The smallest absolute Gasteiger partial charge is 0.220 e. The minimum Gasteiger partial charge on any atom is -0.482 e. The van der Waals surface area contributed by atoms with Gasteiger partial charge in [0.25, 0.3) is 0 Å². The number of piperidine rings is 2. The Hall–Kier alpha value is -1.57. The maximum atomic E-state index is 10.6. The summed E-state index contributed by atoms with van der Waals surface area (Å²) in [5.41, 5.74) is 0. The van der Waals surface area contributed by atoms with Crippen molar-refractivity contribution >= 4 is 67.3 Å². The van der Waals surface area contributed by atoms with Crippen molar-refractivity contribution in [3.05, 3.63) is 35.9 Å². The first kappa shape index (κ1) is 84.4. The average molecular weight is 1340 g/mol. The van der Waals surface area contributed by atoms with Gasteiger partial charge < -0.3 is 77.6 Å². The van der Waals surface area contributed by atoms with Crippen molar-refractivity contribution in [1.29, 1.82) is 0 Å². The average Bonchev–Trinajstić information content (AvgIpc) is 4.50. The zero-order valence-corrected chi connectivity index (χ0v) is 58.9. The number of thioether (sulfide) groups is 3. The summed E-state index contributed by atoms with van der Waals surface area (Å²) in [5.74, 6) is 8.06. The van der Waals surface area contributed by atoms with Crippen molar-refractivity contribution < 1.29 is 35.8 Å². The van der Waals surface area contributed by atoms with Gasteiger partial charge in [-0.1, -0.05) is 37.6 Å². The molecule has 0 aromatic heterocycles. The summed E-state index contributed by atoms with van der Waals surface area (Å²) in [4.78, 5) is 17.6. The van der Waals surface area contributed by atoms with E-state index in [-0.39, 0.29) is 5.91 Å². The Morgan fingerprint density at radius 1 is 0.477 bits per heavy atom. The van der Waals surface area contributed by atoms with Crippen molar-refractivity contribution in [1.82, 2.24) is 63.4 Å². The summed E-state index contributed by atoms with van der Waals surface area (Å²) in [5, 5.41) is 34.5. The summed E-state index contributed by atoms with van der Waals surface area (Å²) in [6, 6.07) is 0. The Balaban J connectivity index is 0.000000472. The minimum absolute atomic E-state index is 0.204. The third-order valence-corrected chi connectivity index (χ3v) is 20.3. The molecule has 0 unspecified atom stereocenters. The summed E-state index contributed by atoms with van der Waals surface area (Å²) < 4.78 is 56.7. The molecule has 0 aliphatic carbocycles. The van der Waals surface area contributed by atoms with E-state index in [1.807, 2.05) is 41.5 Å². The number of allylic oxidation sites excluding steroid dienone is 1. The normalized spacial score (nSPS) is 23.7. The lowest BCUT2D eigenvalue weighted by Gasteiger charge is -2.21. The number of morpholine rings is 1. The fraction of sp³-hybridized carbons (Fsp3) is 0.871. The molecule has 15 rings (SSSR count). The molecule has 0 saturated carbocycles. The van der Waals surface area contributed by atoms with Gasteiger partial charge in [-0.25, -0.2) is 16.8 Å². The molecule has 0 aromatic rings. The van der Waals surface area contributed by atoms with Crippen LogP contribution in [0.2, 0.25) is 0 Å². The highest BCUT2D eigenvalue weighted by Crippen LogP contribution is 2.27. The molecule has 12 fully saturated rings. The molecule has 0 radical (unpaired) electrons. The molecule has 15 heterocycles. The van der Waals surface area contributed by atoms with Gasteiger partial charge in [-0.05, 0) is 153 Å². The Bertz CT molecular complexity index is 1580. The SMILES string of the molecule is C1=CCNC1.C1=CNCC1.C1=NCCO1.C1CCNC1.C1CCNCC1.C1CCNCC1.C1CCOC1.C1COCCN1.C1CSCCN1.C1CSCN1.C=C1CCCS1.CN1CCNCC1.O=C1CCCN1.O=S1(=O)CCCC1.O=S1(=O)CCNCC1. The van der Waals surface area contributed by atoms with Crippen LogP contribution in [0, 0.1) is 0 Å². The maximum absolute atomic E-state index is 10.6. The zero-order valence-electron chi connectivity index (χ0n) is 54.8. The second kappa shape index (κ2) is 66.9. The highest BCUT2D eigenvalue weighted by molar-refractivity contribution is 8.03. The number of piperazine rings is 1. The van der Waals surface area contributed by atoms with Gasteiger partial charge in [0.05, 0.1) is 42.8 Å². The number of likely N-dealkylation sites (N-methyl/N-ethyl adjacent to an activating group) is 1. The largest absolute Gasteiger partial charge is 0.482 e. The topological polar surface area (TPSA) is 261 Å². The molecule has 88 heavy (non-hydrogen) atoms. The number of aliphatic imine (C=N–C) groups is 1. The van der Waals surface area contributed by atoms with E-state index in [4.69, 9.17) is 9.47 Å². The molecule has 0 bridgehead atoms. The van der Waals surface area contributed by atoms with Crippen LogP contribution in [0.15, 0.2) is 40.9 Å². The molecule has 0 aromatic carbocycles. The lowest BCUT2D eigenvalue weighted by atomic mass is 10.2. The number of nitrogens with zero attached hydrogens (tertiary/aromatic N) is 2. The monoisotopic (exact) mass is 1340 g/mol. The fourth-order valence-corrected chi connectivity index (χ4v) is 13.5. The van der Waals surface area contributed by atoms with Gasteiger partial charge in [-0.3, -0.25) is 9.79 Å². The number of carbonyl (C=O) groups excluding carboxylic acids is 1. The number of carbonyl (C=O) groups is 1. The van der Waals surface area contributed by atoms with Gasteiger partial charge in [-0.15, -0.1) is 23.5 Å². The van der Waals surface area contributed by atoms with Gasteiger partial charge in [0.15, 0.2) is 16.2 Å². The molecule has 0 atom stereocenters. The molecular formula is C62H127N13O8S5. The first-order valence-electron chi connectivity index (χ1n) is 33.6. The molecule has 518 valence electrons. The minimum atomic E-state index is -2.65. The maximum Gasteiger partial charge on any atom is 0.220 e. The van der Waals surface area contributed by atoms with Crippen LogP contribution in [0.25, 0.3) is 0 Å².